The van der Waals surface area contributed by atoms with E-state index in [4.69, 9.17) is 22.0 Å². The Morgan fingerprint density at radius 3 is 2.71 bits per heavy atom. The topological polar surface area (TPSA) is 56.9 Å². The van der Waals surface area contributed by atoms with Crippen molar-refractivity contribution in [2.24, 2.45) is 0 Å². The van der Waals surface area contributed by atoms with Crippen molar-refractivity contribution in [3.05, 3.63) is 23.0 Å². The van der Waals surface area contributed by atoms with Crippen LogP contribution in [-0.2, 0) is 5.88 Å². The first-order valence-electron chi connectivity index (χ1n) is 3.56. The van der Waals surface area contributed by atoms with Crippen molar-refractivity contribution in [2.45, 2.75) is 12.3 Å². The minimum atomic E-state index is -2.92. The summed E-state index contributed by atoms with van der Waals surface area (Å²) in [5, 5.41) is 17.7. The smallest absolute Gasteiger partial charge is 0.268 e. The molecule has 1 heterocycles. The standard InChI is InChI=1S/C8H5ClF2N2O/c9-1-5-4(2-12)7(8(10)11)6(14)3-13-5/h3,8,14H,1H2. The van der Waals surface area contributed by atoms with E-state index in [1.807, 2.05) is 0 Å². The van der Waals surface area contributed by atoms with Crippen molar-refractivity contribution in [3.63, 3.8) is 0 Å². The van der Waals surface area contributed by atoms with Crippen molar-refractivity contribution >= 4 is 11.6 Å². The molecule has 0 amide bonds. The zero-order valence-electron chi connectivity index (χ0n) is 6.84. The van der Waals surface area contributed by atoms with Crippen LogP contribution in [0, 0.1) is 11.3 Å². The molecule has 1 N–H and O–H groups in total. The molecule has 1 aromatic rings. The molecule has 0 aliphatic rings. The van der Waals surface area contributed by atoms with Gasteiger partial charge in [0.15, 0.2) is 0 Å². The van der Waals surface area contributed by atoms with Gasteiger partial charge in [0.25, 0.3) is 6.43 Å². The maximum absolute atomic E-state index is 12.4. The highest BCUT2D eigenvalue weighted by Gasteiger charge is 2.21. The van der Waals surface area contributed by atoms with Gasteiger partial charge in [-0.15, -0.1) is 11.6 Å². The predicted molar refractivity (Wildman–Crippen MR) is 45.1 cm³/mol. The van der Waals surface area contributed by atoms with Crippen LogP contribution in [0.5, 0.6) is 5.75 Å². The molecule has 14 heavy (non-hydrogen) atoms. The molecule has 0 radical (unpaired) electrons. The van der Waals surface area contributed by atoms with Gasteiger partial charge in [0.2, 0.25) is 0 Å². The van der Waals surface area contributed by atoms with Crippen molar-refractivity contribution in [1.82, 2.24) is 4.98 Å². The fourth-order valence-corrected chi connectivity index (χ4v) is 1.21. The van der Waals surface area contributed by atoms with Gasteiger partial charge in [-0.3, -0.25) is 4.98 Å². The number of nitriles is 1. The average molecular weight is 219 g/mol. The van der Waals surface area contributed by atoms with Crippen LogP contribution in [0.15, 0.2) is 6.20 Å². The zero-order chi connectivity index (χ0) is 10.7. The molecule has 74 valence electrons. The van der Waals surface area contributed by atoms with Crippen LogP contribution in [-0.4, -0.2) is 10.1 Å². The lowest BCUT2D eigenvalue weighted by molar-refractivity contribution is 0.147. The summed E-state index contributed by atoms with van der Waals surface area (Å²) in [6.45, 7) is 0. The monoisotopic (exact) mass is 218 g/mol. The number of rotatable bonds is 2. The Morgan fingerprint density at radius 1 is 1.64 bits per heavy atom. The SMILES string of the molecule is N#Cc1c(CCl)ncc(O)c1C(F)F. The highest BCUT2D eigenvalue weighted by atomic mass is 35.5. The van der Waals surface area contributed by atoms with Gasteiger partial charge in [0.05, 0.1) is 28.9 Å². The molecule has 1 rings (SSSR count). The Hall–Kier alpha value is -1.41. The first-order chi connectivity index (χ1) is 6.61. The highest BCUT2D eigenvalue weighted by Crippen LogP contribution is 2.32. The van der Waals surface area contributed by atoms with Gasteiger partial charge < -0.3 is 5.11 Å². The van der Waals surface area contributed by atoms with Gasteiger partial charge in [-0.1, -0.05) is 0 Å². The molecule has 0 aromatic carbocycles. The number of hydrogen-bond acceptors (Lipinski definition) is 3. The largest absolute Gasteiger partial charge is 0.506 e. The summed E-state index contributed by atoms with van der Waals surface area (Å²) in [7, 11) is 0. The maximum atomic E-state index is 12.4. The second kappa shape index (κ2) is 4.20. The molecule has 1 aromatic heterocycles. The fourth-order valence-electron chi connectivity index (χ4n) is 1.00. The van der Waals surface area contributed by atoms with Gasteiger partial charge in [0, 0.05) is 0 Å². The second-order valence-electron chi connectivity index (χ2n) is 2.42. The molecule has 0 atom stereocenters. The summed E-state index contributed by atoms with van der Waals surface area (Å²) < 4.78 is 24.8. The molecule has 0 saturated carbocycles. The zero-order valence-corrected chi connectivity index (χ0v) is 7.59. The number of alkyl halides is 3. The quantitative estimate of drug-likeness (QED) is 0.775. The van der Waals surface area contributed by atoms with Crippen LogP contribution >= 0.6 is 11.6 Å². The van der Waals surface area contributed by atoms with Crippen LogP contribution in [0.1, 0.15) is 23.2 Å². The number of nitrogens with zero attached hydrogens (tertiary/aromatic N) is 2. The molecule has 0 fully saturated rings. The number of aromatic nitrogens is 1. The van der Waals surface area contributed by atoms with Crippen LogP contribution in [0.4, 0.5) is 8.78 Å². The third kappa shape index (κ3) is 1.75. The van der Waals surface area contributed by atoms with Crippen molar-refractivity contribution < 1.29 is 13.9 Å². The van der Waals surface area contributed by atoms with Crippen molar-refractivity contribution in [2.75, 3.05) is 0 Å². The van der Waals surface area contributed by atoms with E-state index in [-0.39, 0.29) is 17.1 Å². The first kappa shape index (κ1) is 10.7. The van der Waals surface area contributed by atoms with E-state index in [0.29, 0.717) is 0 Å². The Kier molecular flexibility index (Phi) is 3.20. The minimum absolute atomic E-state index is 0.0438. The lowest BCUT2D eigenvalue weighted by atomic mass is 10.1. The van der Waals surface area contributed by atoms with E-state index in [9.17, 15) is 8.78 Å². The summed E-state index contributed by atoms with van der Waals surface area (Å²) in [4.78, 5) is 3.57. The van der Waals surface area contributed by atoms with Gasteiger partial charge in [0.1, 0.15) is 11.8 Å². The lowest BCUT2D eigenvalue weighted by Crippen LogP contribution is -1.99. The molecule has 0 bridgehead atoms. The van der Waals surface area contributed by atoms with E-state index in [2.05, 4.69) is 4.98 Å². The molecule has 0 spiro atoms. The summed E-state index contributed by atoms with van der Waals surface area (Å²) in [6, 6.07) is 1.55. The molecule has 6 heteroatoms. The highest BCUT2D eigenvalue weighted by molar-refractivity contribution is 6.17. The molecule has 0 aliphatic carbocycles. The lowest BCUT2D eigenvalue weighted by Gasteiger charge is -2.07. The third-order valence-electron chi connectivity index (χ3n) is 1.63. The van der Waals surface area contributed by atoms with E-state index in [0.717, 1.165) is 6.20 Å². The van der Waals surface area contributed by atoms with Crippen molar-refractivity contribution in [1.29, 1.82) is 5.26 Å². The van der Waals surface area contributed by atoms with E-state index >= 15 is 0 Å². The number of hydrogen-bond donors (Lipinski definition) is 1. The van der Waals surface area contributed by atoms with Gasteiger partial charge in [-0.05, 0) is 0 Å². The number of pyridine rings is 1. The van der Waals surface area contributed by atoms with Crippen LogP contribution in [0.25, 0.3) is 0 Å². The molecular weight excluding hydrogens is 214 g/mol. The number of aromatic hydroxyl groups is 1. The normalized spacial score (nSPS) is 10.2. The first-order valence-corrected chi connectivity index (χ1v) is 4.10. The van der Waals surface area contributed by atoms with E-state index in [1.54, 1.807) is 6.07 Å². The Balaban J connectivity index is 3.45. The third-order valence-corrected chi connectivity index (χ3v) is 1.89. The minimum Gasteiger partial charge on any atom is -0.506 e. The second-order valence-corrected chi connectivity index (χ2v) is 2.69. The summed E-state index contributed by atoms with van der Waals surface area (Å²) in [5.74, 6) is -0.839. The maximum Gasteiger partial charge on any atom is 0.268 e. The summed E-state index contributed by atoms with van der Waals surface area (Å²) in [6.07, 6.45) is -2.06. The summed E-state index contributed by atoms with van der Waals surface area (Å²) >= 11 is 5.40. The van der Waals surface area contributed by atoms with Gasteiger partial charge in [-0.25, -0.2) is 8.78 Å². The Bertz CT molecular complexity index is 390. The van der Waals surface area contributed by atoms with Crippen molar-refractivity contribution in [3.8, 4) is 11.8 Å². The Morgan fingerprint density at radius 2 is 2.29 bits per heavy atom. The van der Waals surface area contributed by atoms with Gasteiger partial charge >= 0.3 is 0 Å². The van der Waals surface area contributed by atoms with Crippen LogP contribution < -0.4 is 0 Å². The van der Waals surface area contributed by atoms with E-state index in [1.165, 1.54) is 0 Å². The molecular formula is C8H5ClF2N2O. The molecule has 0 unspecified atom stereocenters. The predicted octanol–water partition coefficient (Wildman–Crippen LogP) is 2.34. The molecule has 0 saturated heterocycles. The molecule has 0 aliphatic heterocycles. The van der Waals surface area contributed by atoms with E-state index < -0.39 is 17.7 Å². The number of halogens is 3. The molecule has 3 nitrogen and oxygen atoms in total. The average Bonchev–Trinajstić information content (AvgIpc) is 2.16. The Labute approximate surface area is 83.6 Å². The van der Waals surface area contributed by atoms with Crippen LogP contribution in [0.2, 0.25) is 0 Å². The van der Waals surface area contributed by atoms with Gasteiger partial charge in [-0.2, -0.15) is 5.26 Å². The van der Waals surface area contributed by atoms with Crippen LogP contribution in [0.3, 0.4) is 0 Å². The summed E-state index contributed by atoms with van der Waals surface area (Å²) in [5.41, 5.74) is -1.02. The fraction of sp³-hybridized carbons (Fsp3) is 0.250.